The molecule has 0 spiro atoms. The fourth-order valence-corrected chi connectivity index (χ4v) is 0. The van der Waals surface area contributed by atoms with Crippen molar-refractivity contribution < 1.29 is 52.8 Å². The molecule has 0 heterocycles. The van der Waals surface area contributed by atoms with Crippen LogP contribution in [0.25, 0.3) is 0 Å². The van der Waals surface area contributed by atoms with Gasteiger partial charge in [-0.25, -0.2) is 0 Å². The molecule has 0 aromatic carbocycles. The maximum Gasteiger partial charge on any atom is 1.00 e. The minimum Gasteiger partial charge on any atom is -0.871 e. The van der Waals surface area contributed by atoms with Crippen molar-refractivity contribution in [3.05, 3.63) is 0 Å². The fraction of sp³-hybridized carbons (Fsp3) is 0. The molecule has 0 amide bonds. The monoisotopic (exact) mass is 74.0 g/mol. The van der Waals surface area contributed by atoms with Gasteiger partial charge in [0.2, 0.25) is 0 Å². The van der Waals surface area contributed by atoms with Gasteiger partial charge in [0.25, 0.3) is 0 Å². The third-order valence-electron chi connectivity index (χ3n) is 0. The van der Waals surface area contributed by atoms with E-state index >= 15 is 0 Å². The molecule has 0 aliphatic heterocycles. The van der Waals surface area contributed by atoms with E-state index in [1.165, 1.54) is 0 Å². The van der Waals surface area contributed by atoms with Crippen molar-refractivity contribution in [3.63, 3.8) is 0 Å². The summed E-state index contributed by atoms with van der Waals surface area (Å²) in [6, 6.07) is 0. The van der Waals surface area contributed by atoms with Gasteiger partial charge in [0.1, 0.15) is 0 Å². The topological polar surface area (TPSA) is 66.3 Å². The first kappa shape index (κ1) is 15.7. The predicted octanol–water partition coefficient (Wildman–Crippen LogP) is -9.31. The smallest absolute Gasteiger partial charge is 0.871 e. The zero-order chi connectivity index (χ0) is 3.58. The van der Waals surface area contributed by atoms with E-state index in [2.05, 4.69) is 0 Å². The van der Waals surface area contributed by atoms with Gasteiger partial charge in [-0.15, -0.1) is 0 Å². The molecule has 6 heteroatoms. The molecule has 0 aromatic rings. The first-order valence-corrected chi connectivity index (χ1v) is 0.730. The van der Waals surface area contributed by atoms with Crippen molar-refractivity contribution >= 4 is 7.32 Å². The third-order valence-corrected chi connectivity index (χ3v) is 0. The average Bonchev–Trinajstić information content (AvgIpc) is 0.811. The van der Waals surface area contributed by atoms with Crippen LogP contribution in [-0.4, -0.2) is 12.3 Å². The van der Waals surface area contributed by atoms with Gasteiger partial charge in [0.05, 0.1) is 7.32 Å². The Balaban J connectivity index is -0.0000000450. The number of hydrogen-bond acceptors (Lipinski definition) is 3. The summed E-state index contributed by atoms with van der Waals surface area (Å²) in [4.78, 5) is 0. The van der Waals surface area contributed by atoms with Gasteiger partial charge in [0.15, 0.2) is 0 Å². The standard InChI is InChI=1S/BHO3.2Li/c2-1(3)4;;/h2H;;/q-2;2*+1. The molecule has 0 aromatic heterocycles. The first-order valence-electron chi connectivity index (χ1n) is 0.730. The Morgan fingerprint density at radius 1 is 1.17 bits per heavy atom. The normalized spacial score (nSPS) is 4.50. The van der Waals surface area contributed by atoms with Crippen LogP contribution in [0.5, 0.6) is 0 Å². The van der Waals surface area contributed by atoms with Crippen molar-refractivity contribution in [2.24, 2.45) is 0 Å². The van der Waals surface area contributed by atoms with Crippen LogP contribution in [0.4, 0.5) is 0 Å². The summed E-state index contributed by atoms with van der Waals surface area (Å²) in [6.45, 7) is 0. The van der Waals surface area contributed by atoms with Crippen LogP contribution >= 0.6 is 0 Å². The second kappa shape index (κ2) is 9.46. The van der Waals surface area contributed by atoms with Crippen molar-refractivity contribution in [1.82, 2.24) is 0 Å². The van der Waals surface area contributed by atoms with E-state index in [0.29, 0.717) is 0 Å². The van der Waals surface area contributed by atoms with Crippen LogP contribution in [-0.2, 0) is 0 Å². The third kappa shape index (κ3) is 67.8. The van der Waals surface area contributed by atoms with Crippen LogP contribution in [0.1, 0.15) is 0 Å². The molecule has 0 saturated carbocycles. The van der Waals surface area contributed by atoms with E-state index in [-0.39, 0.29) is 37.7 Å². The SMILES string of the molecule is [Li+].[Li+].[O-]B([O-])O. The van der Waals surface area contributed by atoms with E-state index in [0.717, 1.165) is 0 Å². The quantitative estimate of drug-likeness (QED) is 0.290. The largest absolute Gasteiger partial charge is 1.00 e. The molecule has 0 fully saturated rings. The molecule has 24 valence electrons. The summed E-state index contributed by atoms with van der Waals surface area (Å²) >= 11 is 0. The summed E-state index contributed by atoms with van der Waals surface area (Å²) in [5.74, 6) is 0. The summed E-state index contributed by atoms with van der Waals surface area (Å²) < 4.78 is 0. The zero-order valence-electron chi connectivity index (χ0n) is 3.84. The molecule has 1 N–H and O–H groups in total. The second-order valence-electron chi connectivity index (χ2n) is 0.307. The van der Waals surface area contributed by atoms with Gasteiger partial charge in [0, 0.05) is 0 Å². The Bertz CT molecular complexity index is 13.5. The van der Waals surface area contributed by atoms with Crippen molar-refractivity contribution in [3.8, 4) is 0 Å². The molecule has 0 radical (unpaired) electrons. The van der Waals surface area contributed by atoms with E-state index < -0.39 is 7.32 Å². The van der Waals surface area contributed by atoms with Gasteiger partial charge >= 0.3 is 37.7 Å². The summed E-state index contributed by atoms with van der Waals surface area (Å²) in [6.07, 6.45) is 0. The predicted molar refractivity (Wildman–Crippen MR) is 7.97 cm³/mol. The van der Waals surface area contributed by atoms with E-state index in [9.17, 15) is 0 Å². The van der Waals surface area contributed by atoms with Crippen LogP contribution in [0.2, 0.25) is 0 Å². The number of rotatable bonds is 0. The van der Waals surface area contributed by atoms with Crippen LogP contribution in [0, 0.1) is 0 Å². The van der Waals surface area contributed by atoms with E-state index in [1.807, 2.05) is 0 Å². The molecule has 3 nitrogen and oxygen atoms in total. The van der Waals surface area contributed by atoms with Crippen LogP contribution in [0.3, 0.4) is 0 Å². The fourth-order valence-electron chi connectivity index (χ4n) is 0. The van der Waals surface area contributed by atoms with Crippen LogP contribution in [0.15, 0.2) is 0 Å². The molecule has 0 rings (SSSR count). The molecule has 0 aliphatic rings. The Morgan fingerprint density at radius 2 is 1.17 bits per heavy atom. The molecular formula is HBLi2O3. The minimum absolute atomic E-state index is 0. The average molecular weight is 73.7 g/mol. The van der Waals surface area contributed by atoms with Gasteiger partial charge in [-0.05, 0) is 0 Å². The zero-order valence-corrected chi connectivity index (χ0v) is 3.84. The molecule has 6 heavy (non-hydrogen) atoms. The Labute approximate surface area is 60.3 Å². The summed E-state index contributed by atoms with van der Waals surface area (Å²) in [5.41, 5.74) is 0. The summed E-state index contributed by atoms with van der Waals surface area (Å²) in [5, 5.41) is 24.0. The van der Waals surface area contributed by atoms with Crippen molar-refractivity contribution in [1.29, 1.82) is 0 Å². The van der Waals surface area contributed by atoms with E-state index in [4.69, 9.17) is 15.1 Å². The Morgan fingerprint density at radius 3 is 1.17 bits per heavy atom. The molecule has 0 aliphatic carbocycles. The van der Waals surface area contributed by atoms with Gasteiger partial charge < -0.3 is 15.1 Å². The van der Waals surface area contributed by atoms with Crippen molar-refractivity contribution in [2.75, 3.05) is 0 Å². The molecule has 0 saturated heterocycles. The molecular weight excluding hydrogens is 72.7 g/mol. The molecule has 0 bridgehead atoms. The van der Waals surface area contributed by atoms with E-state index in [1.54, 1.807) is 0 Å². The first-order chi connectivity index (χ1) is 1.73. The summed E-state index contributed by atoms with van der Waals surface area (Å²) in [7, 11) is -2.67. The minimum atomic E-state index is -2.67. The second-order valence-corrected chi connectivity index (χ2v) is 0.307. The molecule has 0 atom stereocenters. The van der Waals surface area contributed by atoms with Gasteiger partial charge in [-0.3, -0.25) is 0 Å². The Kier molecular flexibility index (Phi) is 24.8. The van der Waals surface area contributed by atoms with Gasteiger partial charge in [-0.1, -0.05) is 0 Å². The van der Waals surface area contributed by atoms with Crippen molar-refractivity contribution in [2.45, 2.75) is 0 Å². The maximum absolute atomic E-state index is 8.53. The molecule has 0 unspecified atom stereocenters. The van der Waals surface area contributed by atoms with Gasteiger partial charge in [-0.2, -0.15) is 0 Å². The number of hydrogen-bond donors (Lipinski definition) is 1. The van der Waals surface area contributed by atoms with Crippen LogP contribution < -0.4 is 47.8 Å². The Hall–Kier alpha value is 1.14. The maximum atomic E-state index is 8.53.